The van der Waals surface area contributed by atoms with Crippen molar-refractivity contribution < 1.29 is 0 Å². The highest BCUT2D eigenvalue weighted by atomic mass is 15.3. The molecule has 0 atom stereocenters. The Morgan fingerprint density at radius 3 is 3.05 bits per heavy atom. The Morgan fingerprint density at radius 2 is 2.19 bits per heavy atom. The van der Waals surface area contributed by atoms with Gasteiger partial charge in [-0.25, -0.2) is 4.98 Å². The maximum Gasteiger partial charge on any atom is 0.150 e. The number of fused-ring (bicyclic) bond motifs is 3. The van der Waals surface area contributed by atoms with Crippen LogP contribution in [0.4, 0.5) is 0 Å². The monoisotopic (exact) mass is 281 g/mol. The zero-order valence-corrected chi connectivity index (χ0v) is 12.2. The molecule has 5 heteroatoms. The predicted octanol–water partition coefficient (Wildman–Crippen LogP) is 2.41. The van der Waals surface area contributed by atoms with Gasteiger partial charge in [0.05, 0.1) is 6.54 Å². The molecule has 0 unspecified atom stereocenters. The van der Waals surface area contributed by atoms with Crippen LogP contribution in [0.3, 0.4) is 0 Å². The second kappa shape index (κ2) is 5.00. The van der Waals surface area contributed by atoms with E-state index in [1.807, 2.05) is 0 Å². The third-order valence-corrected chi connectivity index (χ3v) is 4.23. The number of nitrogens with one attached hydrogen (secondary N) is 2. The van der Waals surface area contributed by atoms with Crippen molar-refractivity contribution in [3.63, 3.8) is 0 Å². The molecule has 1 aromatic carbocycles. The van der Waals surface area contributed by atoms with Crippen molar-refractivity contribution in [2.75, 3.05) is 6.54 Å². The molecule has 0 aliphatic carbocycles. The summed E-state index contributed by atoms with van der Waals surface area (Å²) in [7, 11) is 0. The summed E-state index contributed by atoms with van der Waals surface area (Å²) >= 11 is 0. The first-order chi connectivity index (χ1) is 10.3. The standard InChI is InChI=1S/C16H19N5/c1-2-15-18-16(20-19-15)10-21-8-7-12-11-5-3-4-6-13(11)17-14(12)9-21/h3-6,17H,2,7-10H2,1H3,(H,18,19,20). The lowest BCUT2D eigenvalue weighted by atomic mass is 10.0. The summed E-state index contributed by atoms with van der Waals surface area (Å²) in [6.07, 6.45) is 1.97. The van der Waals surface area contributed by atoms with E-state index >= 15 is 0 Å². The van der Waals surface area contributed by atoms with E-state index in [-0.39, 0.29) is 0 Å². The van der Waals surface area contributed by atoms with Gasteiger partial charge in [-0.3, -0.25) is 10.00 Å². The number of rotatable bonds is 3. The fraction of sp³-hybridized carbons (Fsp3) is 0.375. The van der Waals surface area contributed by atoms with E-state index in [4.69, 9.17) is 0 Å². The van der Waals surface area contributed by atoms with E-state index in [2.05, 4.69) is 56.3 Å². The van der Waals surface area contributed by atoms with Gasteiger partial charge < -0.3 is 4.98 Å². The molecule has 1 aliphatic rings. The number of H-pyrrole nitrogens is 2. The normalized spacial score (nSPS) is 15.5. The van der Waals surface area contributed by atoms with Crippen LogP contribution in [0, 0.1) is 0 Å². The molecule has 2 N–H and O–H groups in total. The largest absolute Gasteiger partial charge is 0.357 e. The zero-order valence-electron chi connectivity index (χ0n) is 12.2. The Bertz CT molecular complexity index is 770. The third kappa shape index (κ3) is 2.23. The van der Waals surface area contributed by atoms with Crippen molar-refractivity contribution >= 4 is 10.9 Å². The molecule has 0 saturated heterocycles. The highest BCUT2D eigenvalue weighted by Gasteiger charge is 2.21. The van der Waals surface area contributed by atoms with Gasteiger partial charge in [0.2, 0.25) is 0 Å². The fourth-order valence-electron chi connectivity index (χ4n) is 3.16. The fourth-order valence-corrected chi connectivity index (χ4v) is 3.16. The Labute approximate surface area is 123 Å². The molecule has 108 valence electrons. The topological polar surface area (TPSA) is 60.6 Å². The van der Waals surface area contributed by atoms with E-state index in [1.54, 1.807) is 0 Å². The smallest absolute Gasteiger partial charge is 0.150 e. The summed E-state index contributed by atoms with van der Waals surface area (Å²) in [5.41, 5.74) is 4.07. The van der Waals surface area contributed by atoms with E-state index in [1.165, 1.54) is 22.2 Å². The summed E-state index contributed by atoms with van der Waals surface area (Å²) in [6, 6.07) is 8.57. The minimum Gasteiger partial charge on any atom is -0.357 e. The summed E-state index contributed by atoms with van der Waals surface area (Å²) in [4.78, 5) is 10.5. The average Bonchev–Trinajstić information content (AvgIpc) is 3.10. The summed E-state index contributed by atoms with van der Waals surface area (Å²) < 4.78 is 0. The van der Waals surface area contributed by atoms with Crippen LogP contribution in [0.5, 0.6) is 0 Å². The number of aromatic amines is 2. The lowest BCUT2D eigenvalue weighted by Crippen LogP contribution is -2.30. The number of nitrogens with zero attached hydrogens (tertiary/aromatic N) is 3. The lowest BCUT2D eigenvalue weighted by molar-refractivity contribution is 0.237. The molecule has 1 aliphatic heterocycles. The molecule has 0 amide bonds. The minimum absolute atomic E-state index is 0.835. The van der Waals surface area contributed by atoms with Crippen molar-refractivity contribution in [2.45, 2.75) is 32.9 Å². The van der Waals surface area contributed by atoms with E-state index in [0.717, 1.165) is 44.1 Å². The molecule has 3 aromatic rings. The molecule has 0 radical (unpaired) electrons. The lowest BCUT2D eigenvalue weighted by Gasteiger charge is -2.25. The summed E-state index contributed by atoms with van der Waals surface area (Å²) in [5.74, 6) is 1.86. The average molecular weight is 281 g/mol. The van der Waals surface area contributed by atoms with Gasteiger partial charge >= 0.3 is 0 Å². The van der Waals surface area contributed by atoms with Crippen LogP contribution in [0.25, 0.3) is 10.9 Å². The van der Waals surface area contributed by atoms with E-state index < -0.39 is 0 Å². The maximum absolute atomic E-state index is 4.50. The number of para-hydroxylation sites is 1. The van der Waals surface area contributed by atoms with E-state index in [0.29, 0.717) is 0 Å². The molecular formula is C16H19N5. The number of aromatic nitrogens is 4. The number of hydrogen-bond acceptors (Lipinski definition) is 3. The Balaban J connectivity index is 1.56. The van der Waals surface area contributed by atoms with Gasteiger partial charge in [0, 0.05) is 36.1 Å². The second-order valence-corrected chi connectivity index (χ2v) is 5.64. The molecule has 3 heterocycles. The van der Waals surface area contributed by atoms with Crippen LogP contribution < -0.4 is 0 Å². The zero-order chi connectivity index (χ0) is 14.2. The first-order valence-corrected chi connectivity index (χ1v) is 7.54. The van der Waals surface area contributed by atoms with Crippen molar-refractivity contribution in [1.82, 2.24) is 25.1 Å². The Morgan fingerprint density at radius 1 is 1.29 bits per heavy atom. The van der Waals surface area contributed by atoms with Crippen LogP contribution in [0.2, 0.25) is 0 Å². The van der Waals surface area contributed by atoms with Crippen LogP contribution in [-0.2, 0) is 25.9 Å². The number of benzene rings is 1. The molecule has 0 bridgehead atoms. The van der Waals surface area contributed by atoms with Crippen LogP contribution in [-0.4, -0.2) is 31.6 Å². The first kappa shape index (κ1) is 12.6. The van der Waals surface area contributed by atoms with Gasteiger partial charge in [0.1, 0.15) is 11.6 Å². The van der Waals surface area contributed by atoms with Gasteiger partial charge in [0.25, 0.3) is 0 Å². The van der Waals surface area contributed by atoms with Crippen molar-refractivity contribution in [3.05, 3.63) is 47.2 Å². The molecular weight excluding hydrogens is 262 g/mol. The Kier molecular flexibility index (Phi) is 3.00. The summed E-state index contributed by atoms with van der Waals surface area (Å²) in [5, 5.41) is 8.63. The number of hydrogen-bond donors (Lipinski definition) is 2. The van der Waals surface area contributed by atoms with Crippen LogP contribution >= 0.6 is 0 Å². The highest BCUT2D eigenvalue weighted by Crippen LogP contribution is 2.27. The molecule has 0 saturated carbocycles. The number of aryl methyl sites for hydroxylation is 1. The van der Waals surface area contributed by atoms with Crippen LogP contribution in [0.15, 0.2) is 24.3 Å². The van der Waals surface area contributed by atoms with E-state index in [9.17, 15) is 0 Å². The third-order valence-electron chi connectivity index (χ3n) is 4.23. The van der Waals surface area contributed by atoms with Gasteiger partial charge in [-0.2, -0.15) is 5.10 Å². The van der Waals surface area contributed by atoms with Gasteiger partial charge in [-0.05, 0) is 18.1 Å². The molecule has 2 aromatic heterocycles. The minimum atomic E-state index is 0.835. The maximum atomic E-state index is 4.50. The van der Waals surface area contributed by atoms with Crippen LogP contribution in [0.1, 0.15) is 29.8 Å². The molecule has 5 nitrogen and oxygen atoms in total. The molecule has 21 heavy (non-hydrogen) atoms. The quantitative estimate of drug-likeness (QED) is 0.775. The second-order valence-electron chi connectivity index (χ2n) is 5.64. The Hall–Kier alpha value is -2.14. The first-order valence-electron chi connectivity index (χ1n) is 7.54. The van der Waals surface area contributed by atoms with Gasteiger partial charge in [-0.15, -0.1) is 0 Å². The van der Waals surface area contributed by atoms with Gasteiger partial charge in [-0.1, -0.05) is 25.1 Å². The van der Waals surface area contributed by atoms with Crippen molar-refractivity contribution in [2.24, 2.45) is 0 Å². The van der Waals surface area contributed by atoms with Crippen molar-refractivity contribution in [3.8, 4) is 0 Å². The predicted molar refractivity (Wildman–Crippen MR) is 81.9 cm³/mol. The summed E-state index contributed by atoms with van der Waals surface area (Å²) in [6.45, 7) is 4.93. The molecule has 4 rings (SSSR count). The SMILES string of the molecule is CCc1n[nH]c(CN2CCc3c([nH]c4ccccc34)C2)n1. The van der Waals surface area contributed by atoms with Gasteiger partial charge in [0.15, 0.2) is 0 Å². The molecule has 0 fully saturated rings. The highest BCUT2D eigenvalue weighted by molar-refractivity contribution is 5.84. The van der Waals surface area contributed by atoms with Crippen molar-refractivity contribution in [1.29, 1.82) is 0 Å². The molecule has 0 spiro atoms.